The van der Waals surface area contributed by atoms with Crippen LogP contribution in [0.15, 0.2) is 170 Å². The van der Waals surface area contributed by atoms with Crippen molar-refractivity contribution in [3.63, 3.8) is 0 Å². The highest BCUT2D eigenvalue weighted by atomic mass is 16.6. The van der Waals surface area contributed by atoms with Crippen molar-refractivity contribution in [1.29, 1.82) is 0 Å². The van der Waals surface area contributed by atoms with Gasteiger partial charge in [0.25, 0.3) is 0 Å². The van der Waals surface area contributed by atoms with Gasteiger partial charge in [-0.1, -0.05) is 121 Å². The van der Waals surface area contributed by atoms with Gasteiger partial charge < -0.3 is 28.4 Å². The van der Waals surface area contributed by atoms with E-state index < -0.39 is 23.9 Å². The zero-order chi connectivity index (χ0) is 50.4. The van der Waals surface area contributed by atoms with Gasteiger partial charge in [-0.05, 0) is 163 Å². The molecule has 368 valence electrons. The molecular formula is C64H52O10. The maximum Gasteiger partial charge on any atom is 0.317 e. The number of carbonyl (C=O) groups is 4. The maximum atomic E-state index is 14.4. The van der Waals surface area contributed by atoms with Gasteiger partial charge in [-0.15, -0.1) is 0 Å². The van der Waals surface area contributed by atoms with E-state index in [-0.39, 0.29) is 77.8 Å². The summed E-state index contributed by atoms with van der Waals surface area (Å²) in [5.74, 6) is -0.637. The van der Waals surface area contributed by atoms with Crippen molar-refractivity contribution >= 4 is 23.9 Å². The molecule has 0 amide bonds. The number of rotatable bonds is 12. The highest BCUT2D eigenvalue weighted by molar-refractivity contribution is 5.90. The van der Waals surface area contributed by atoms with Crippen LogP contribution in [0.1, 0.15) is 89.0 Å². The van der Waals surface area contributed by atoms with Gasteiger partial charge in [0.05, 0.1) is 25.7 Å². The van der Waals surface area contributed by atoms with Crippen molar-refractivity contribution in [2.24, 2.45) is 0 Å². The first kappa shape index (κ1) is 47.6. The Kier molecular flexibility index (Phi) is 13.8. The van der Waals surface area contributed by atoms with E-state index in [2.05, 4.69) is 0 Å². The van der Waals surface area contributed by atoms with E-state index in [9.17, 15) is 19.2 Å². The molecule has 12 rings (SSSR count). The average Bonchev–Trinajstić information content (AvgIpc) is 3.40. The van der Waals surface area contributed by atoms with Crippen LogP contribution in [-0.2, 0) is 106 Å². The predicted molar refractivity (Wildman–Crippen MR) is 277 cm³/mol. The third-order valence-electron chi connectivity index (χ3n) is 13.9. The van der Waals surface area contributed by atoms with Gasteiger partial charge in [0.2, 0.25) is 0 Å². The molecular weight excluding hydrogens is 929 g/mol. The molecule has 0 saturated carbocycles. The molecule has 10 heteroatoms. The molecule has 0 unspecified atom stereocenters. The molecule has 4 aliphatic rings. The number of ether oxygens (including phenoxy) is 6. The van der Waals surface area contributed by atoms with Gasteiger partial charge in [0, 0.05) is 0 Å². The summed E-state index contributed by atoms with van der Waals surface area (Å²) in [6, 6.07) is 54.9. The maximum absolute atomic E-state index is 14.4. The van der Waals surface area contributed by atoms with Crippen LogP contribution in [0.2, 0.25) is 0 Å². The molecule has 74 heavy (non-hydrogen) atoms. The predicted octanol–water partition coefficient (Wildman–Crippen LogP) is 11.0. The van der Waals surface area contributed by atoms with Crippen LogP contribution in [0.25, 0.3) is 0 Å². The number of carbonyl (C=O) groups excluding carboxylic acids is 4. The molecule has 0 spiro atoms. The Bertz CT molecular complexity index is 2860. The van der Waals surface area contributed by atoms with Crippen molar-refractivity contribution in [3.05, 3.63) is 259 Å². The highest BCUT2D eigenvalue weighted by Crippen LogP contribution is 2.39. The van der Waals surface area contributed by atoms with Crippen molar-refractivity contribution in [1.82, 2.24) is 0 Å². The normalized spacial score (nSPS) is 14.1. The second kappa shape index (κ2) is 21.5. The van der Waals surface area contributed by atoms with E-state index in [4.69, 9.17) is 28.4 Å². The number of esters is 4. The van der Waals surface area contributed by atoms with E-state index in [1.807, 2.05) is 170 Å². The fourth-order valence-electron chi connectivity index (χ4n) is 10.3. The fraction of sp³-hybridized carbons (Fsp3) is 0.188. The fourth-order valence-corrected chi connectivity index (χ4v) is 10.3. The Balaban J connectivity index is 1.18. The molecule has 0 N–H and O–H groups in total. The summed E-state index contributed by atoms with van der Waals surface area (Å²) in [6.45, 7) is 1.07. The van der Waals surface area contributed by atoms with Crippen LogP contribution in [-0.4, -0.2) is 23.9 Å². The summed E-state index contributed by atoms with van der Waals surface area (Å²) in [5.41, 5.74) is 12.2. The molecule has 8 aromatic rings. The monoisotopic (exact) mass is 980 g/mol. The molecule has 4 aliphatic heterocycles. The lowest BCUT2D eigenvalue weighted by Crippen LogP contribution is -2.23. The minimum Gasteiger partial charge on any atom is -0.489 e. The topological polar surface area (TPSA) is 124 Å². The van der Waals surface area contributed by atoms with E-state index >= 15 is 0 Å². The first-order chi connectivity index (χ1) is 36.2. The molecule has 4 heterocycles. The van der Waals surface area contributed by atoms with E-state index in [1.54, 1.807) is 0 Å². The van der Waals surface area contributed by atoms with Crippen molar-refractivity contribution in [2.75, 3.05) is 0 Å². The van der Waals surface area contributed by atoms with Gasteiger partial charge in [-0.2, -0.15) is 0 Å². The number of benzene rings is 8. The molecule has 0 saturated heterocycles. The van der Waals surface area contributed by atoms with Crippen LogP contribution in [0, 0.1) is 0 Å². The Morgan fingerprint density at radius 2 is 0.459 bits per heavy atom. The molecule has 0 radical (unpaired) electrons. The highest BCUT2D eigenvalue weighted by Gasteiger charge is 2.29. The molecule has 8 aromatic carbocycles. The zero-order valence-corrected chi connectivity index (χ0v) is 40.7. The van der Waals surface area contributed by atoms with Gasteiger partial charge in [0.1, 0.15) is 49.4 Å². The molecule has 0 fully saturated rings. The van der Waals surface area contributed by atoms with Crippen LogP contribution in [0.4, 0.5) is 0 Å². The summed E-state index contributed by atoms with van der Waals surface area (Å²) in [4.78, 5) is 57.5. The zero-order valence-electron chi connectivity index (χ0n) is 40.7. The van der Waals surface area contributed by atoms with Gasteiger partial charge in [-0.3, -0.25) is 19.2 Å². The largest absolute Gasteiger partial charge is 0.489 e. The lowest BCUT2D eigenvalue weighted by Gasteiger charge is -2.26. The molecule has 0 aromatic heterocycles. The summed E-state index contributed by atoms with van der Waals surface area (Å²) >= 11 is 0. The molecule has 10 nitrogen and oxygen atoms in total. The van der Waals surface area contributed by atoms with Crippen LogP contribution < -0.4 is 18.9 Å². The van der Waals surface area contributed by atoms with Crippen LogP contribution in [0.3, 0.4) is 0 Å². The number of fused-ring (bicyclic) bond motifs is 8. The second-order valence-electron chi connectivity index (χ2n) is 19.1. The third kappa shape index (κ3) is 11.3. The summed E-state index contributed by atoms with van der Waals surface area (Å²) in [6.07, 6.45) is -0.183. The Hall–Kier alpha value is -8.76. The lowest BCUT2D eigenvalue weighted by molar-refractivity contribution is -0.160. The summed E-state index contributed by atoms with van der Waals surface area (Å²) in [7, 11) is 0. The van der Waals surface area contributed by atoms with Gasteiger partial charge in [0.15, 0.2) is 0 Å². The Labute approximate surface area is 429 Å². The number of hydrogen-bond acceptors (Lipinski definition) is 10. The van der Waals surface area contributed by atoms with Crippen molar-refractivity contribution in [2.45, 2.75) is 77.8 Å². The third-order valence-corrected chi connectivity index (χ3v) is 13.9. The Morgan fingerprint density at radius 1 is 0.270 bits per heavy atom. The van der Waals surface area contributed by atoms with E-state index in [1.165, 1.54) is 0 Å². The number of hydrogen-bond donors (Lipinski definition) is 0. The van der Waals surface area contributed by atoms with Crippen LogP contribution in [0.5, 0.6) is 23.0 Å². The second-order valence-corrected chi connectivity index (χ2v) is 19.1. The van der Waals surface area contributed by atoms with Gasteiger partial charge in [-0.25, -0.2) is 0 Å². The van der Waals surface area contributed by atoms with Gasteiger partial charge >= 0.3 is 23.9 Å². The van der Waals surface area contributed by atoms with Crippen LogP contribution >= 0.6 is 0 Å². The lowest BCUT2D eigenvalue weighted by atomic mass is 9.82. The standard InChI is InChI=1S/C64H52O10/c65-61-33-57-45-21-47-27-54(70-38-42-15-7-2-8-16-42)29-49-23-51-31-56(72-40-44-19-11-4-12-20-44)32-52(60(51)36-64(68)73-61)24-50-30-55(71-39-43-17-9-3-10-18-43)28-48(59(50)35-63(67)74-62(66)34-58(47)49)22-46(57)26-53(25-45)69-37-41-13-5-1-6-14-41/h1-20,25-32H,21-24,33-40H2. The minimum absolute atomic E-state index is 0.203. The minimum atomic E-state index is -0.711. The van der Waals surface area contributed by atoms with E-state index in [0.717, 1.165) is 66.8 Å². The molecule has 12 bridgehead atoms. The average molecular weight is 981 g/mol. The first-order valence-electron chi connectivity index (χ1n) is 24.9. The van der Waals surface area contributed by atoms with Crippen molar-refractivity contribution in [3.8, 4) is 23.0 Å². The van der Waals surface area contributed by atoms with Crippen molar-refractivity contribution < 1.29 is 47.6 Å². The first-order valence-corrected chi connectivity index (χ1v) is 24.9. The molecule has 0 atom stereocenters. The summed E-state index contributed by atoms with van der Waals surface area (Å²) < 4.78 is 38.1. The quantitative estimate of drug-likeness (QED) is 0.0863. The summed E-state index contributed by atoms with van der Waals surface area (Å²) in [5, 5.41) is 0. The van der Waals surface area contributed by atoms with E-state index in [0.29, 0.717) is 45.3 Å². The molecule has 0 aliphatic carbocycles. The SMILES string of the molecule is O=C1Cc2c3cc(OCc4ccccc4)cc2Cc2cc(OCc4ccccc4)cc4c2CC(=O)OC(=O)Cc2c(cc(OCc5ccccc5)cc2Cc2cc(OCc5ccccc5)cc(c2CC(=O)O1)C4)C3. The smallest absolute Gasteiger partial charge is 0.317 e. The Morgan fingerprint density at radius 3 is 0.649 bits per heavy atom.